The minimum absolute atomic E-state index is 0.184. The molecule has 1 aromatic carbocycles. The van der Waals surface area contributed by atoms with Crippen LogP contribution >= 0.6 is 15.9 Å². The van der Waals surface area contributed by atoms with E-state index in [1.807, 2.05) is 19.9 Å². The van der Waals surface area contributed by atoms with Gasteiger partial charge >= 0.3 is 6.18 Å². The quantitative estimate of drug-likeness (QED) is 0.843. The van der Waals surface area contributed by atoms with Gasteiger partial charge in [-0.25, -0.2) is 0 Å². The van der Waals surface area contributed by atoms with Gasteiger partial charge in [-0.3, -0.25) is 0 Å². The Kier molecular flexibility index (Phi) is 6.29. The van der Waals surface area contributed by atoms with Crippen LogP contribution in [0.25, 0.3) is 0 Å². The first kappa shape index (κ1) is 16.5. The van der Waals surface area contributed by atoms with Crippen molar-refractivity contribution in [3.8, 4) is 0 Å². The summed E-state index contributed by atoms with van der Waals surface area (Å²) < 4.78 is 42.6. The lowest BCUT2D eigenvalue weighted by molar-refractivity contribution is -0.185. The highest BCUT2D eigenvalue weighted by atomic mass is 79.9. The van der Waals surface area contributed by atoms with Crippen molar-refractivity contribution in [2.75, 3.05) is 13.2 Å². The van der Waals surface area contributed by atoms with E-state index in [4.69, 9.17) is 4.74 Å². The second kappa shape index (κ2) is 7.26. The summed E-state index contributed by atoms with van der Waals surface area (Å²) in [5.74, 6) is 0. The third-order valence-corrected chi connectivity index (χ3v) is 2.87. The van der Waals surface area contributed by atoms with E-state index in [1.165, 1.54) is 0 Å². The second-order valence-electron chi connectivity index (χ2n) is 4.53. The molecule has 0 heterocycles. The van der Waals surface area contributed by atoms with Gasteiger partial charge in [-0.15, -0.1) is 0 Å². The molecule has 0 saturated carbocycles. The molecule has 1 rings (SSSR count). The fourth-order valence-electron chi connectivity index (χ4n) is 1.52. The van der Waals surface area contributed by atoms with Crippen molar-refractivity contribution >= 4 is 15.9 Å². The van der Waals surface area contributed by atoms with Gasteiger partial charge in [-0.2, -0.15) is 13.2 Å². The summed E-state index contributed by atoms with van der Waals surface area (Å²) in [5.41, 5.74) is 0.715. The molecule has 108 valence electrons. The molecular formula is C13H17BrF3NO. The van der Waals surface area contributed by atoms with Crippen LogP contribution in [0.4, 0.5) is 13.2 Å². The van der Waals surface area contributed by atoms with E-state index in [0.29, 0.717) is 12.1 Å². The lowest BCUT2D eigenvalue weighted by atomic mass is 10.1. The minimum Gasteiger partial charge on any atom is -0.363 e. The fraction of sp³-hybridized carbons (Fsp3) is 0.538. The summed E-state index contributed by atoms with van der Waals surface area (Å²) in [6.07, 6.45) is -4.94. The fourth-order valence-corrected chi connectivity index (χ4v) is 1.93. The molecule has 0 amide bonds. The third-order valence-electron chi connectivity index (χ3n) is 2.38. The van der Waals surface area contributed by atoms with Crippen molar-refractivity contribution in [2.24, 2.45) is 0 Å². The molecule has 0 saturated heterocycles. The molecule has 2 nitrogen and oxygen atoms in total. The van der Waals surface area contributed by atoms with E-state index in [9.17, 15) is 13.2 Å². The van der Waals surface area contributed by atoms with E-state index in [1.54, 1.807) is 18.2 Å². The zero-order valence-electron chi connectivity index (χ0n) is 10.8. The summed E-state index contributed by atoms with van der Waals surface area (Å²) in [6.45, 7) is 2.96. The summed E-state index contributed by atoms with van der Waals surface area (Å²) >= 11 is 3.30. The average molecular weight is 340 g/mol. The van der Waals surface area contributed by atoms with Gasteiger partial charge in [0.2, 0.25) is 0 Å². The van der Waals surface area contributed by atoms with Crippen LogP contribution in [0.1, 0.15) is 25.5 Å². The van der Waals surface area contributed by atoms with Gasteiger partial charge in [-0.05, 0) is 17.7 Å². The van der Waals surface area contributed by atoms with Gasteiger partial charge < -0.3 is 10.1 Å². The smallest absolute Gasteiger partial charge is 0.363 e. The van der Waals surface area contributed by atoms with Gasteiger partial charge in [0.1, 0.15) is 6.61 Å². The first-order valence-corrected chi connectivity index (χ1v) is 6.74. The number of halogens is 4. The molecule has 19 heavy (non-hydrogen) atoms. The van der Waals surface area contributed by atoms with Crippen molar-refractivity contribution in [3.05, 3.63) is 34.3 Å². The maximum Gasteiger partial charge on any atom is 0.411 e. The molecule has 0 aliphatic carbocycles. The van der Waals surface area contributed by atoms with E-state index in [0.717, 1.165) is 4.47 Å². The van der Waals surface area contributed by atoms with Gasteiger partial charge in [0.05, 0.1) is 6.10 Å². The highest BCUT2D eigenvalue weighted by molar-refractivity contribution is 9.10. The lowest BCUT2D eigenvalue weighted by Crippen LogP contribution is -2.31. The minimum atomic E-state index is -4.32. The Morgan fingerprint density at radius 3 is 2.53 bits per heavy atom. The Morgan fingerprint density at radius 1 is 1.32 bits per heavy atom. The largest absolute Gasteiger partial charge is 0.411 e. The number of hydrogen-bond acceptors (Lipinski definition) is 2. The van der Waals surface area contributed by atoms with E-state index in [-0.39, 0.29) is 6.04 Å². The second-order valence-corrected chi connectivity index (χ2v) is 5.45. The van der Waals surface area contributed by atoms with Crippen molar-refractivity contribution < 1.29 is 17.9 Å². The molecule has 1 N–H and O–H groups in total. The molecule has 0 spiro atoms. The van der Waals surface area contributed by atoms with E-state index in [2.05, 4.69) is 21.2 Å². The molecule has 0 fully saturated rings. The number of hydrogen-bond donors (Lipinski definition) is 1. The highest BCUT2D eigenvalue weighted by Crippen LogP contribution is 2.24. The van der Waals surface area contributed by atoms with Gasteiger partial charge in [0, 0.05) is 17.1 Å². The van der Waals surface area contributed by atoms with E-state index < -0.39 is 18.9 Å². The molecule has 1 aromatic rings. The van der Waals surface area contributed by atoms with Gasteiger partial charge in [0.15, 0.2) is 0 Å². The van der Waals surface area contributed by atoms with Crippen LogP contribution in [0.2, 0.25) is 0 Å². The summed E-state index contributed by atoms with van der Waals surface area (Å²) in [5, 5.41) is 3.09. The van der Waals surface area contributed by atoms with Crippen LogP contribution in [0, 0.1) is 0 Å². The molecule has 1 unspecified atom stereocenters. The number of ether oxygens (including phenoxy) is 1. The molecule has 0 bridgehead atoms. The summed E-state index contributed by atoms with van der Waals surface area (Å²) in [6, 6.07) is 7.31. The molecule has 0 aliphatic rings. The Bertz CT molecular complexity index is 396. The normalized spacial score (nSPS) is 13.8. The third kappa shape index (κ3) is 6.94. The predicted molar refractivity (Wildman–Crippen MR) is 72.0 cm³/mol. The predicted octanol–water partition coefficient (Wildman–Crippen LogP) is 4.07. The average Bonchev–Trinajstić information content (AvgIpc) is 2.27. The molecule has 0 aliphatic heterocycles. The van der Waals surface area contributed by atoms with Crippen molar-refractivity contribution in [2.45, 2.75) is 32.2 Å². The Hall–Kier alpha value is -0.590. The SMILES string of the molecule is CC(C)NCC(OCC(F)(F)F)c1cccc(Br)c1. The van der Waals surface area contributed by atoms with Crippen molar-refractivity contribution in [1.29, 1.82) is 0 Å². The lowest BCUT2D eigenvalue weighted by Gasteiger charge is -2.21. The Labute approximate surface area is 119 Å². The molecule has 6 heteroatoms. The maximum absolute atomic E-state index is 12.3. The van der Waals surface area contributed by atoms with Gasteiger partial charge in [0.25, 0.3) is 0 Å². The summed E-state index contributed by atoms with van der Waals surface area (Å²) in [4.78, 5) is 0. The van der Waals surface area contributed by atoms with Crippen LogP contribution in [-0.4, -0.2) is 25.4 Å². The van der Waals surface area contributed by atoms with Crippen LogP contribution < -0.4 is 5.32 Å². The first-order valence-electron chi connectivity index (χ1n) is 5.95. The van der Waals surface area contributed by atoms with Crippen molar-refractivity contribution in [1.82, 2.24) is 5.32 Å². The molecule has 0 radical (unpaired) electrons. The van der Waals surface area contributed by atoms with Gasteiger partial charge in [-0.1, -0.05) is 41.9 Å². The topological polar surface area (TPSA) is 21.3 Å². The van der Waals surface area contributed by atoms with Crippen LogP contribution in [0.15, 0.2) is 28.7 Å². The Balaban J connectivity index is 2.73. The van der Waals surface area contributed by atoms with Crippen molar-refractivity contribution in [3.63, 3.8) is 0 Å². The van der Waals surface area contributed by atoms with Crippen LogP contribution in [0.5, 0.6) is 0 Å². The van der Waals surface area contributed by atoms with E-state index >= 15 is 0 Å². The first-order chi connectivity index (χ1) is 8.78. The molecule has 0 aromatic heterocycles. The number of nitrogens with one attached hydrogen (secondary N) is 1. The zero-order valence-corrected chi connectivity index (χ0v) is 12.4. The molecular weight excluding hydrogens is 323 g/mol. The zero-order chi connectivity index (χ0) is 14.5. The standard InChI is InChI=1S/C13H17BrF3NO/c1-9(2)18-7-12(19-8-13(15,16)17)10-4-3-5-11(14)6-10/h3-6,9,12,18H,7-8H2,1-2H3. The monoisotopic (exact) mass is 339 g/mol. The Morgan fingerprint density at radius 2 is 2.00 bits per heavy atom. The highest BCUT2D eigenvalue weighted by Gasteiger charge is 2.29. The number of rotatable bonds is 6. The maximum atomic E-state index is 12.3. The number of alkyl halides is 3. The van der Waals surface area contributed by atoms with Crippen LogP contribution in [0.3, 0.4) is 0 Å². The summed E-state index contributed by atoms with van der Waals surface area (Å²) in [7, 11) is 0. The molecule has 1 atom stereocenters. The van der Waals surface area contributed by atoms with Crippen LogP contribution in [-0.2, 0) is 4.74 Å². The number of benzene rings is 1.